The van der Waals surface area contributed by atoms with Crippen molar-refractivity contribution in [2.24, 2.45) is 0 Å². The predicted molar refractivity (Wildman–Crippen MR) is 74.5 cm³/mol. The zero-order valence-corrected chi connectivity index (χ0v) is 12.4. The molecule has 0 aliphatic carbocycles. The zero-order valence-electron chi connectivity index (χ0n) is 11.6. The Kier molecular flexibility index (Phi) is 4.14. The third kappa shape index (κ3) is 3.37. The second-order valence-corrected chi connectivity index (χ2v) is 7.21. The van der Waals surface area contributed by atoms with E-state index < -0.39 is 10.0 Å². The molecule has 20 heavy (non-hydrogen) atoms. The van der Waals surface area contributed by atoms with Crippen LogP contribution in [0.2, 0.25) is 0 Å². The molecule has 1 aromatic rings. The van der Waals surface area contributed by atoms with Crippen LogP contribution in [0.25, 0.3) is 0 Å². The third-order valence-electron chi connectivity index (χ3n) is 3.32. The summed E-state index contributed by atoms with van der Waals surface area (Å²) in [5.74, 6) is 0. The number of rotatable bonds is 3. The number of hydrogen-bond donors (Lipinski definition) is 1. The Morgan fingerprint density at radius 2 is 2.10 bits per heavy atom. The first-order valence-corrected chi connectivity index (χ1v) is 7.98. The molecular formula is C14H18N2O3S. The molecule has 1 heterocycles. The lowest BCUT2D eigenvalue weighted by Crippen LogP contribution is -2.45. The fraction of sp³-hybridized carbons (Fsp3) is 0.500. The summed E-state index contributed by atoms with van der Waals surface area (Å²) in [5, 5.41) is 9.01. The molecule has 0 aromatic heterocycles. The van der Waals surface area contributed by atoms with E-state index in [4.69, 9.17) is 10.00 Å². The summed E-state index contributed by atoms with van der Waals surface area (Å²) >= 11 is 0. The summed E-state index contributed by atoms with van der Waals surface area (Å²) in [4.78, 5) is 0.0341. The van der Waals surface area contributed by atoms with Crippen LogP contribution in [0, 0.1) is 11.3 Å². The van der Waals surface area contributed by atoms with Crippen LogP contribution >= 0.6 is 0 Å². The minimum absolute atomic E-state index is 0.0341. The van der Waals surface area contributed by atoms with Gasteiger partial charge in [-0.05, 0) is 38.8 Å². The van der Waals surface area contributed by atoms with Gasteiger partial charge in [-0.15, -0.1) is 0 Å². The molecule has 0 spiro atoms. The largest absolute Gasteiger partial charge is 0.375 e. The van der Waals surface area contributed by atoms with E-state index >= 15 is 0 Å². The first kappa shape index (κ1) is 15.0. The summed E-state index contributed by atoms with van der Waals surface area (Å²) in [6.07, 6.45) is 1.25. The molecule has 0 bridgehead atoms. The normalized spacial score (nSPS) is 22.1. The van der Waals surface area contributed by atoms with Crippen LogP contribution in [0.3, 0.4) is 0 Å². The van der Waals surface area contributed by atoms with Gasteiger partial charge in [-0.2, -0.15) is 5.26 Å². The molecule has 1 fully saturated rings. The van der Waals surface area contributed by atoms with Crippen LogP contribution in [-0.2, 0) is 14.8 Å². The monoisotopic (exact) mass is 294 g/mol. The molecule has 2 rings (SSSR count). The highest BCUT2D eigenvalue weighted by molar-refractivity contribution is 7.89. The first-order chi connectivity index (χ1) is 9.34. The van der Waals surface area contributed by atoms with Crippen molar-refractivity contribution >= 4 is 10.0 Å². The maximum absolute atomic E-state index is 12.4. The molecule has 1 aliphatic rings. The number of nitrogens with one attached hydrogen (secondary N) is 1. The summed E-state index contributed by atoms with van der Waals surface area (Å²) in [7, 11) is -3.68. The Morgan fingerprint density at radius 3 is 2.75 bits per heavy atom. The number of nitriles is 1. The molecule has 1 unspecified atom stereocenters. The van der Waals surface area contributed by atoms with E-state index in [1.165, 1.54) is 12.1 Å². The average Bonchev–Trinajstić information content (AvgIpc) is 2.37. The summed E-state index contributed by atoms with van der Waals surface area (Å²) in [6.45, 7) is 4.41. The maximum atomic E-state index is 12.4. The van der Waals surface area contributed by atoms with Gasteiger partial charge in [0.2, 0.25) is 10.0 Å². The van der Waals surface area contributed by atoms with Crippen molar-refractivity contribution in [2.45, 2.75) is 43.2 Å². The van der Waals surface area contributed by atoms with Crippen LogP contribution in [0.15, 0.2) is 29.2 Å². The Labute approximate surface area is 119 Å². The fourth-order valence-electron chi connectivity index (χ4n) is 2.41. The van der Waals surface area contributed by atoms with Crippen molar-refractivity contribution in [3.63, 3.8) is 0 Å². The van der Waals surface area contributed by atoms with Crippen molar-refractivity contribution in [1.29, 1.82) is 5.26 Å². The molecule has 6 heteroatoms. The standard InChI is InChI=1S/C14H18N2O3S/c1-14(2)9-12(7-8-19-14)16-20(17,18)13-6-4-3-5-11(13)10-15/h3-6,12,16H,7-9H2,1-2H3. The highest BCUT2D eigenvalue weighted by atomic mass is 32.2. The van der Waals surface area contributed by atoms with E-state index in [-0.39, 0.29) is 22.1 Å². The number of hydrogen-bond acceptors (Lipinski definition) is 4. The van der Waals surface area contributed by atoms with Crippen LogP contribution in [-0.4, -0.2) is 26.7 Å². The van der Waals surface area contributed by atoms with E-state index in [1.807, 2.05) is 19.9 Å². The molecule has 1 N–H and O–H groups in total. The molecule has 1 aliphatic heterocycles. The van der Waals surface area contributed by atoms with Crippen LogP contribution < -0.4 is 4.72 Å². The zero-order chi connectivity index (χ0) is 14.8. The Morgan fingerprint density at radius 1 is 1.40 bits per heavy atom. The quantitative estimate of drug-likeness (QED) is 0.921. The number of nitrogens with zero attached hydrogens (tertiary/aromatic N) is 1. The Balaban J connectivity index is 2.22. The van der Waals surface area contributed by atoms with Gasteiger partial charge in [0.1, 0.15) is 6.07 Å². The lowest BCUT2D eigenvalue weighted by molar-refractivity contribution is -0.0599. The van der Waals surface area contributed by atoms with Crippen molar-refractivity contribution < 1.29 is 13.2 Å². The minimum atomic E-state index is -3.68. The van der Waals surface area contributed by atoms with Crippen LogP contribution in [0.5, 0.6) is 0 Å². The summed E-state index contributed by atoms with van der Waals surface area (Å²) < 4.78 is 33.0. The van der Waals surface area contributed by atoms with Gasteiger partial charge < -0.3 is 4.74 Å². The Bertz CT molecular complexity index is 632. The molecule has 0 saturated carbocycles. The van der Waals surface area contributed by atoms with Gasteiger partial charge in [-0.3, -0.25) is 0 Å². The van der Waals surface area contributed by atoms with Gasteiger partial charge in [0.25, 0.3) is 0 Å². The maximum Gasteiger partial charge on any atom is 0.242 e. The van der Waals surface area contributed by atoms with E-state index in [0.29, 0.717) is 19.4 Å². The van der Waals surface area contributed by atoms with Crippen molar-refractivity contribution in [3.05, 3.63) is 29.8 Å². The molecular weight excluding hydrogens is 276 g/mol. The van der Waals surface area contributed by atoms with Gasteiger partial charge >= 0.3 is 0 Å². The molecule has 0 amide bonds. The highest BCUT2D eigenvalue weighted by Gasteiger charge is 2.32. The second-order valence-electron chi connectivity index (χ2n) is 5.53. The first-order valence-electron chi connectivity index (χ1n) is 6.49. The van der Waals surface area contributed by atoms with E-state index in [0.717, 1.165) is 0 Å². The molecule has 1 aromatic carbocycles. The summed E-state index contributed by atoms with van der Waals surface area (Å²) in [5.41, 5.74) is -0.175. The lowest BCUT2D eigenvalue weighted by atomic mass is 9.95. The SMILES string of the molecule is CC1(C)CC(NS(=O)(=O)c2ccccc2C#N)CCO1. The number of sulfonamides is 1. The fourth-order valence-corrected chi connectivity index (χ4v) is 3.84. The number of benzene rings is 1. The van der Waals surface area contributed by atoms with Crippen LogP contribution in [0.1, 0.15) is 32.3 Å². The molecule has 5 nitrogen and oxygen atoms in total. The van der Waals surface area contributed by atoms with E-state index in [9.17, 15) is 8.42 Å². The third-order valence-corrected chi connectivity index (χ3v) is 4.89. The lowest BCUT2D eigenvalue weighted by Gasteiger charge is -2.35. The van der Waals surface area contributed by atoms with Crippen LogP contribution in [0.4, 0.5) is 0 Å². The molecule has 1 saturated heterocycles. The highest BCUT2D eigenvalue weighted by Crippen LogP contribution is 2.25. The number of ether oxygens (including phenoxy) is 1. The molecule has 1 atom stereocenters. The topological polar surface area (TPSA) is 79.2 Å². The van der Waals surface area contributed by atoms with Gasteiger partial charge in [0, 0.05) is 12.6 Å². The average molecular weight is 294 g/mol. The van der Waals surface area contributed by atoms with Crippen molar-refractivity contribution in [3.8, 4) is 6.07 Å². The molecule has 108 valence electrons. The smallest absolute Gasteiger partial charge is 0.242 e. The Hall–Kier alpha value is -1.42. The second kappa shape index (κ2) is 5.52. The molecule has 0 radical (unpaired) electrons. The van der Waals surface area contributed by atoms with E-state index in [1.54, 1.807) is 12.1 Å². The van der Waals surface area contributed by atoms with Gasteiger partial charge in [-0.25, -0.2) is 13.1 Å². The van der Waals surface area contributed by atoms with E-state index in [2.05, 4.69) is 4.72 Å². The van der Waals surface area contributed by atoms with Crippen molar-refractivity contribution in [2.75, 3.05) is 6.61 Å². The van der Waals surface area contributed by atoms with Gasteiger partial charge in [0.15, 0.2) is 0 Å². The van der Waals surface area contributed by atoms with Gasteiger partial charge in [0.05, 0.1) is 16.1 Å². The van der Waals surface area contributed by atoms with Crippen molar-refractivity contribution in [1.82, 2.24) is 4.72 Å². The predicted octanol–water partition coefficient (Wildman–Crippen LogP) is 1.79. The minimum Gasteiger partial charge on any atom is -0.375 e. The van der Waals surface area contributed by atoms with Gasteiger partial charge in [-0.1, -0.05) is 12.1 Å². The summed E-state index contributed by atoms with van der Waals surface area (Å²) in [6, 6.07) is 7.96.